The molecule has 1 N–H and O–H groups in total. The number of carbonyl (C=O) groups is 1. The van der Waals surface area contributed by atoms with Gasteiger partial charge in [-0.1, -0.05) is 35.9 Å². The fourth-order valence-corrected chi connectivity index (χ4v) is 4.54. The summed E-state index contributed by atoms with van der Waals surface area (Å²) < 4.78 is 6.52. The van der Waals surface area contributed by atoms with Crippen LogP contribution in [0.3, 0.4) is 0 Å². The first-order chi connectivity index (χ1) is 12.8. The zero-order chi connectivity index (χ0) is 19.3. The second-order valence-corrected chi connectivity index (χ2v) is 7.89. The van der Waals surface area contributed by atoms with Gasteiger partial charge in [-0.3, -0.25) is 9.69 Å². The van der Waals surface area contributed by atoms with E-state index in [0.29, 0.717) is 5.11 Å². The highest BCUT2D eigenvalue weighted by Gasteiger charge is 2.59. The minimum atomic E-state index is -0.933. The van der Waals surface area contributed by atoms with Crippen LogP contribution in [0.5, 0.6) is 5.75 Å². The molecule has 0 radical (unpaired) electrons. The minimum Gasteiger partial charge on any atom is -0.467 e. The molecule has 6 heteroatoms. The molecule has 0 aliphatic carbocycles. The largest absolute Gasteiger partial charge is 0.467 e. The lowest BCUT2D eigenvalue weighted by Gasteiger charge is -2.56. The number of nitrogens with zero attached hydrogens (tertiary/aromatic N) is 2. The molecule has 5 nitrogen and oxygen atoms in total. The molecule has 2 aliphatic rings. The Morgan fingerprint density at radius 3 is 2.59 bits per heavy atom. The normalized spacial score (nSPS) is 25.9. The number of aryl methyl sites for hydroxylation is 1. The van der Waals surface area contributed by atoms with Crippen molar-refractivity contribution in [1.82, 2.24) is 10.2 Å². The molecule has 0 aromatic heterocycles. The molecule has 0 spiro atoms. The first-order valence-electron chi connectivity index (χ1n) is 8.99. The fraction of sp³-hybridized carbons (Fsp3) is 0.333. The van der Waals surface area contributed by atoms with E-state index in [1.54, 1.807) is 19.0 Å². The van der Waals surface area contributed by atoms with E-state index in [0.717, 1.165) is 22.6 Å². The van der Waals surface area contributed by atoms with Gasteiger partial charge >= 0.3 is 0 Å². The maximum absolute atomic E-state index is 13.2. The number of rotatable bonds is 2. The molecular formula is C21H23N3O2S. The minimum absolute atomic E-state index is 0.00517. The van der Waals surface area contributed by atoms with Crippen LogP contribution in [0.25, 0.3) is 0 Å². The summed E-state index contributed by atoms with van der Waals surface area (Å²) >= 11 is 5.71. The predicted octanol–water partition coefficient (Wildman–Crippen LogP) is 3.24. The number of carbonyl (C=O) groups excluding carboxylic acids is 1. The molecule has 27 heavy (non-hydrogen) atoms. The van der Waals surface area contributed by atoms with Crippen LogP contribution < -0.4 is 15.0 Å². The molecule has 1 saturated heterocycles. The van der Waals surface area contributed by atoms with E-state index >= 15 is 0 Å². The van der Waals surface area contributed by atoms with Crippen molar-refractivity contribution in [3.8, 4) is 5.75 Å². The third-order valence-corrected chi connectivity index (χ3v) is 5.68. The maximum atomic E-state index is 13.2. The Morgan fingerprint density at radius 1 is 1.22 bits per heavy atom. The van der Waals surface area contributed by atoms with E-state index in [9.17, 15) is 4.79 Å². The lowest BCUT2D eigenvalue weighted by Crippen LogP contribution is -2.72. The van der Waals surface area contributed by atoms with Gasteiger partial charge in [0.15, 0.2) is 10.8 Å². The van der Waals surface area contributed by atoms with Gasteiger partial charge in [-0.05, 0) is 44.3 Å². The Morgan fingerprint density at radius 2 is 1.93 bits per heavy atom. The fourth-order valence-electron chi connectivity index (χ4n) is 4.12. The van der Waals surface area contributed by atoms with Crippen LogP contribution in [-0.4, -0.2) is 35.7 Å². The molecule has 2 aliphatic heterocycles. The lowest BCUT2D eigenvalue weighted by molar-refractivity contribution is -0.144. The molecule has 2 heterocycles. The summed E-state index contributed by atoms with van der Waals surface area (Å²) in [5.41, 5.74) is 2.05. The number of hydrogen-bond acceptors (Lipinski definition) is 3. The lowest BCUT2D eigenvalue weighted by atomic mass is 9.78. The monoisotopic (exact) mass is 381 g/mol. The zero-order valence-electron chi connectivity index (χ0n) is 15.9. The van der Waals surface area contributed by atoms with E-state index in [-0.39, 0.29) is 11.9 Å². The topological polar surface area (TPSA) is 44.8 Å². The number of benzene rings is 2. The molecule has 2 aromatic rings. The van der Waals surface area contributed by atoms with Crippen molar-refractivity contribution in [2.75, 3.05) is 19.0 Å². The first kappa shape index (κ1) is 17.8. The van der Waals surface area contributed by atoms with Gasteiger partial charge in [0.2, 0.25) is 5.91 Å². The predicted molar refractivity (Wildman–Crippen MR) is 110 cm³/mol. The van der Waals surface area contributed by atoms with E-state index in [2.05, 4.69) is 11.4 Å². The number of ether oxygens (including phenoxy) is 1. The molecule has 2 aromatic carbocycles. The molecule has 0 saturated carbocycles. The SMILES string of the molecule is Cc1ccc2c(c1)[C@H]1NC(=S)N(c3ccccc3)[C@@](C)(O2)[C@H]1C(=O)N(C)C. The summed E-state index contributed by atoms with van der Waals surface area (Å²) in [6, 6.07) is 15.7. The first-order valence-corrected chi connectivity index (χ1v) is 9.40. The highest BCUT2D eigenvalue weighted by atomic mass is 32.1. The second-order valence-electron chi connectivity index (χ2n) is 7.51. The molecule has 1 amide bonds. The Hall–Kier alpha value is -2.60. The van der Waals surface area contributed by atoms with Crippen LogP contribution in [0.2, 0.25) is 0 Å². The zero-order valence-corrected chi connectivity index (χ0v) is 16.7. The van der Waals surface area contributed by atoms with Gasteiger partial charge in [0.1, 0.15) is 11.7 Å². The van der Waals surface area contributed by atoms with Crippen LogP contribution in [0, 0.1) is 12.8 Å². The summed E-state index contributed by atoms with van der Waals surface area (Å²) in [6.45, 7) is 3.99. The summed E-state index contributed by atoms with van der Waals surface area (Å²) in [7, 11) is 3.55. The number of amides is 1. The van der Waals surface area contributed by atoms with Crippen LogP contribution in [0.1, 0.15) is 24.1 Å². The van der Waals surface area contributed by atoms with Gasteiger partial charge in [-0.15, -0.1) is 0 Å². The smallest absolute Gasteiger partial charge is 0.233 e. The Bertz CT molecular complexity index is 915. The Kier molecular flexibility index (Phi) is 4.11. The summed E-state index contributed by atoms with van der Waals surface area (Å²) in [5, 5.41) is 3.98. The molecule has 0 unspecified atom stereocenters. The average molecular weight is 382 g/mol. The molecule has 140 valence electrons. The van der Waals surface area contributed by atoms with Crippen molar-refractivity contribution in [2.45, 2.75) is 25.6 Å². The van der Waals surface area contributed by atoms with E-state index in [1.807, 2.05) is 61.2 Å². The van der Waals surface area contributed by atoms with Crippen molar-refractivity contribution in [2.24, 2.45) is 5.92 Å². The number of hydrogen-bond donors (Lipinski definition) is 1. The van der Waals surface area contributed by atoms with Gasteiger partial charge < -0.3 is 15.0 Å². The summed E-state index contributed by atoms with van der Waals surface area (Å²) in [6.07, 6.45) is 0. The molecule has 2 bridgehead atoms. The number of nitrogens with one attached hydrogen (secondary N) is 1. The van der Waals surface area contributed by atoms with Crippen molar-refractivity contribution in [3.05, 3.63) is 59.7 Å². The highest BCUT2D eigenvalue weighted by molar-refractivity contribution is 7.80. The van der Waals surface area contributed by atoms with Gasteiger partial charge in [0, 0.05) is 25.3 Å². The van der Waals surface area contributed by atoms with Gasteiger partial charge in [0.05, 0.1) is 6.04 Å². The van der Waals surface area contributed by atoms with Crippen molar-refractivity contribution in [1.29, 1.82) is 0 Å². The van der Waals surface area contributed by atoms with Crippen molar-refractivity contribution < 1.29 is 9.53 Å². The molecule has 3 atom stereocenters. The quantitative estimate of drug-likeness (QED) is 0.809. The molecule has 1 fully saturated rings. The average Bonchev–Trinajstić information content (AvgIpc) is 2.62. The van der Waals surface area contributed by atoms with E-state index in [4.69, 9.17) is 17.0 Å². The van der Waals surface area contributed by atoms with E-state index < -0.39 is 11.6 Å². The van der Waals surface area contributed by atoms with E-state index in [1.165, 1.54) is 0 Å². The van der Waals surface area contributed by atoms with Gasteiger partial charge in [0.25, 0.3) is 0 Å². The standard InChI is InChI=1S/C21H23N3O2S/c1-13-10-11-16-15(12-13)18-17(19(25)23(3)4)21(2,26-16)24(20(27)22-18)14-8-6-5-7-9-14/h5-12,17-18H,1-4H3,(H,22,27)/t17-,18-,21+/m1/s1. The maximum Gasteiger partial charge on any atom is 0.233 e. The number of para-hydroxylation sites is 1. The Labute approximate surface area is 164 Å². The van der Waals surface area contributed by atoms with Crippen LogP contribution in [-0.2, 0) is 4.79 Å². The third-order valence-electron chi connectivity index (χ3n) is 5.37. The third kappa shape index (κ3) is 2.67. The van der Waals surface area contributed by atoms with Crippen molar-refractivity contribution >= 4 is 28.9 Å². The molecular weight excluding hydrogens is 358 g/mol. The highest BCUT2D eigenvalue weighted by Crippen LogP contribution is 2.50. The molecule has 4 rings (SSSR count). The van der Waals surface area contributed by atoms with Crippen LogP contribution in [0.15, 0.2) is 48.5 Å². The summed E-state index contributed by atoms with van der Waals surface area (Å²) in [5.74, 6) is 0.339. The Balaban J connectivity index is 1.93. The van der Waals surface area contributed by atoms with Crippen LogP contribution in [0.4, 0.5) is 5.69 Å². The summed E-state index contributed by atoms with van der Waals surface area (Å²) in [4.78, 5) is 16.8. The number of fused-ring (bicyclic) bond motifs is 4. The number of thiocarbonyl (C=S) groups is 1. The van der Waals surface area contributed by atoms with Gasteiger partial charge in [-0.2, -0.15) is 0 Å². The van der Waals surface area contributed by atoms with Gasteiger partial charge in [-0.25, -0.2) is 0 Å². The van der Waals surface area contributed by atoms with Crippen molar-refractivity contribution in [3.63, 3.8) is 0 Å². The number of anilines is 1. The van der Waals surface area contributed by atoms with Crippen LogP contribution >= 0.6 is 12.2 Å². The second kappa shape index (κ2) is 6.23.